The number of aliphatic hydroxyl groups excluding tert-OH is 1. The van der Waals surface area contributed by atoms with Crippen LogP contribution in [0.5, 0.6) is 0 Å². The lowest BCUT2D eigenvalue weighted by Crippen LogP contribution is -2.21. The Morgan fingerprint density at radius 2 is 2.22 bits per heavy atom. The van der Waals surface area contributed by atoms with Crippen LogP contribution >= 0.6 is 0 Å². The molecule has 1 heterocycles. The van der Waals surface area contributed by atoms with Gasteiger partial charge in [0.05, 0.1) is 5.56 Å². The van der Waals surface area contributed by atoms with E-state index in [0.29, 0.717) is 23.2 Å². The van der Waals surface area contributed by atoms with Crippen LogP contribution in [-0.2, 0) is 0 Å². The van der Waals surface area contributed by atoms with Crippen molar-refractivity contribution in [3.8, 4) is 6.07 Å². The normalized spacial score (nSPS) is 22.7. The molecule has 2 atom stereocenters. The molecule has 2 unspecified atom stereocenters. The van der Waals surface area contributed by atoms with Gasteiger partial charge in [0, 0.05) is 18.8 Å². The summed E-state index contributed by atoms with van der Waals surface area (Å²) in [5.41, 5.74) is 1.49. The van der Waals surface area contributed by atoms with Crippen LogP contribution in [0.2, 0.25) is 0 Å². The second-order valence-corrected chi connectivity index (χ2v) is 4.98. The minimum absolute atomic E-state index is 0.263. The molecule has 1 aliphatic carbocycles. The van der Waals surface area contributed by atoms with Gasteiger partial charge in [0.1, 0.15) is 11.9 Å². The molecule has 1 aromatic heterocycles. The van der Waals surface area contributed by atoms with Gasteiger partial charge in [-0.15, -0.1) is 0 Å². The third-order valence-corrected chi connectivity index (χ3v) is 3.74. The molecular formula is C14H19N3O. The topological polar surface area (TPSA) is 68.9 Å². The zero-order valence-electron chi connectivity index (χ0n) is 10.7. The zero-order valence-corrected chi connectivity index (χ0v) is 10.7. The van der Waals surface area contributed by atoms with Crippen LogP contribution in [0.1, 0.15) is 30.5 Å². The number of hydrogen-bond donors (Lipinski definition) is 2. The van der Waals surface area contributed by atoms with Gasteiger partial charge in [-0.1, -0.05) is 6.42 Å². The minimum Gasteiger partial charge on any atom is -0.396 e. The van der Waals surface area contributed by atoms with Crippen LogP contribution in [-0.4, -0.2) is 23.2 Å². The third kappa shape index (κ3) is 2.80. The van der Waals surface area contributed by atoms with Crippen LogP contribution in [0.25, 0.3) is 0 Å². The lowest BCUT2D eigenvalue weighted by molar-refractivity contribution is 0.199. The number of nitriles is 1. The predicted molar refractivity (Wildman–Crippen MR) is 70.1 cm³/mol. The summed E-state index contributed by atoms with van der Waals surface area (Å²) < 4.78 is 0. The van der Waals surface area contributed by atoms with E-state index in [-0.39, 0.29) is 6.61 Å². The Hall–Kier alpha value is -1.60. The van der Waals surface area contributed by atoms with E-state index in [9.17, 15) is 5.11 Å². The van der Waals surface area contributed by atoms with Gasteiger partial charge in [0.25, 0.3) is 0 Å². The van der Waals surface area contributed by atoms with Gasteiger partial charge in [-0.3, -0.25) is 0 Å². The fourth-order valence-electron chi connectivity index (χ4n) is 2.63. The average molecular weight is 245 g/mol. The fraction of sp³-hybridized carbons (Fsp3) is 0.571. The molecule has 0 saturated heterocycles. The quantitative estimate of drug-likeness (QED) is 0.852. The maximum Gasteiger partial charge on any atom is 0.144 e. The molecule has 1 aromatic rings. The highest BCUT2D eigenvalue weighted by molar-refractivity contribution is 5.52. The van der Waals surface area contributed by atoms with Gasteiger partial charge in [-0.05, 0) is 43.7 Å². The van der Waals surface area contributed by atoms with Gasteiger partial charge in [-0.25, -0.2) is 4.98 Å². The molecule has 4 heteroatoms. The number of hydrogen-bond acceptors (Lipinski definition) is 4. The van der Waals surface area contributed by atoms with Crippen molar-refractivity contribution in [3.05, 3.63) is 23.4 Å². The average Bonchev–Trinajstić information content (AvgIpc) is 2.84. The Kier molecular flexibility index (Phi) is 4.16. The second-order valence-electron chi connectivity index (χ2n) is 4.98. The van der Waals surface area contributed by atoms with E-state index in [1.165, 1.54) is 6.42 Å². The van der Waals surface area contributed by atoms with Crippen LogP contribution in [0.3, 0.4) is 0 Å². The fourth-order valence-corrected chi connectivity index (χ4v) is 2.63. The summed E-state index contributed by atoms with van der Waals surface area (Å²) in [6, 6.07) is 5.79. The van der Waals surface area contributed by atoms with Crippen molar-refractivity contribution in [1.29, 1.82) is 5.26 Å². The highest BCUT2D eigenvalue weighted by atomic mass is 16.3. The number of pyridine rings is 1. The van der Waals surface area contributed by atoms with E-state index in [0.717, 1.165) is 25.1 Å². The highest BCUT2D eigenvalue weighted by Crippen LogP contribution is 2.31. The smallest absolute Gasteiger partial charge is 0.144 e. The Labute approximate surface area is 108 Å². The Bertz CT molecular complexity index is 453. The van der Waals surface area contributed by atoms with Crippen molar-refractivity contribution in [1.82, 2.24) is 4.98 Å². The Morgan fingerprint density at radius 3 is 2.94 bits per heavy atom. The molecule has 0 amide bonds. The molecule has 0 aliphatic heterocycles. The van der Waals surface area contributed by atoms with E-state index in [4.69, 9.17) is 5.26 Å². The molecule has 1 saturated carbocycles. The molecule has 1 fully saturated rings. The molecule has 0 bridgehead atoms. The summed E-state index contributed by atoms with van der Waals surface area (Å²) in [5.74, 6) is 1.55. The van der Waals surface area contributed by atoms with Gasteiger partial charge in [0.15, 0.2) is 0 Å². The SMILES string of the molecule is Cc1ccc(C#N)c(NCC2CCCC2CO)n1. The lowest BCUT2D eigenvalue weighted by atomic mass is 9.97. The summed E-state index contributed by atoms with van der Waals surface area (Å²) in [5, 5.41) is 21.6. The molecule has 0 aromatic carbocycles. The van der Waals surface area contributed by atoms with Crippen molar-refractivity contribution in [2.45, 2.75) is 26.2 Å². The van der Waals surface area contributed by atoms with Crippen LogP contribution in [0.4, 0.5) is 5.82 Å². The molecule has 4 nitrogen and oxygen atoms in total. The van der Waals surface area contributed by atoms with E-state index >= 15 is 0 Å². The van der Waals surface area contributed by atoms with E-state index in [2.05, 4.69) is 16.4 Å². The number of aryl methyl sites for hydroxylation is 1. The summed E-state index contributed by atoms with van der Waals surface area (Å²) in [6.45, 7) is 2.97. The first-order valence-corrected chi connectivity index (χ1v) is 6.47. The van der Waals surface area contributed by atoms with Gasteiger partial charge >= 0.3 is 0 Å². The zero-order chi connectivity index (χ0) is 13.0. The third-order valence-electron chi connectivity index (χ3n) is 3.74. The van der Waals surface area contributed by atoms with Gasteiger partial charge in [0.2, 0.25) is 0 Å². The summed E-state index contributed by atoms with van der Waals surface area (Å²) in [7, 11) is 0. The monoisotopic (exact) mass is 245 g/mol. The van der Waals surface area contributed by atoms with Crippen molar-refractivity contribution in [3.63, 3.8) is 0 Å². The van der Waals surface area contributed by atoms with E-state index < -0.39 is 0 Å². The van der Waals surface area contributed by atoms with Gasteiger partial charge in [-0.2, -0.15) is 5.26 Å². The van der Waals surface area contributed by atoms with Crippen molar-refractivity contribution < 1.29 is 5.11 Å². The number of aromatic nitrogens is 1. The number of nitrogens with one attached hydrogen (secondary N) is 1. The second kappa shape index (κ2) is 5.83. The number of anilines is 1. The first kappa shape index (κ1) is 12.8. The maximum atomic E-state index is 9.28. The van der Waals surface area contributed by atoms with E-state index in [1.807, 2.05) is 13.0 Å². The molecule has 2 N–H and O–H groups in total. The molecule has 0 radical (unpaired) electrons. The molecule has 18 heavy (non-hydrogen) atoms. The van der Waals surface area contributed by atoms with Gasteiger partial charge < -0.3 is 10.4 Å². The summed E-state index contributed by atoms with van der Waals surface area (Å²) >= 11 is 0. The molecular weight excluding hydrogens is 226 g/mol. The maximum absolute atomic E-state index is 9.28. The lowest BCUT2D eigenvalue weighted by Gasteiger charge is -2.18. The molecule has 2 rings (SSSR count). The van der Waals surface area contributed by atoms with Crippen LogP contribution in [0.15, 0.2) is 12.1 Å². The highest BCUT2D eigenvalue weighted by Gasteiger charge is 2.26. The summed E-state index contributed by atoms with van der Waals surface area (Å²) in [6.07, 6.45) is 3.44. The number of nitrogens with zero attached hydrogens (tertiary/aromatic N) is 2. The Morgan fingerprint density at radius 1 is 1.44 bits per heavy atom. The summed E-state index contributed by atoms with van der Waals surface area (Å²) in [4.78, 5) is 4.36. The molecule has 96 valence electrons. The van der Waals surface area contributed by atoms with E-state index in [1.54, 1.807) is 6.07 Å². The van der Waals surface area contributed by atoms with Crippen LogP contribution in [0, 0.1) is 30.1 Å². The number of aliphatic hydroxyl groups is 1. The Balaban J connectivity index is 2.02. The number of rotatable bonds is 4. The van der Waals surface area contributed by atoms with Crippen LogP contribution < -0.4 is 5.32 Å². The molecule has 1 aliphatic rings. The largest absolute Gasteiger partial charge is 0.396 e. The minimum atomic E-state index is 0.263. The van der Waals surface area contributed by atoms with Crippen molar-refractivity contribution in [2.24, 2.45) is 11.8 Å². The predicted octanol–water partition coefficient (Wildman–Crippen LogP) is 2.08. The van der Waals surface area contributed by atoms with Crippen molar-refractivity contribution >= 4 is 5.82 Å². The van der Waals surface area contributed by atoms with Crippen molar-refractivity contribution in [2.75, 3.05) is 18.5 Å². The molecule has 0 spiro atoms. The standard InChI is InChI=1S/C14H19N3O/c1-10-5-6-11(7-15)14(17-10)16-8-12-3-2-4-13(12)9-18/h5-6,12-13,18H,2-4,8-9H2,1H3,(H,16,17). The first-order valence-electron chi connectivity index (χ1n) is 6.47. The first-order chi connectivity index (χ1) is 8.74.